The molecule has 0 aliphatic heterocycles. The van der Waals surface area contributed by atoms with Crippen molar-refractivity contribution in [3.8, 4) is 0 Å². The van der Waals surface area contributed by atoms with Crippen molar-refractivity contribution in [2.45, 2.75) is 19.8 Å². The number of benzene rings is 1. The molecule has 0 bridgehead atoms. The lowest BCUT2D eigenvalue weighted by Gasteiger charge is -2.12. The minimum Gasteiger partial charge on any atom is -0.383 e. The van der Waals surface area contributed by atoms with E-state index < -0.39 is 0 Å². The number of pyridine rings is 1. The van der Waals surface area contributed by atoms with E-state index in [4.69, 9.17) is 5.73 Å². The number of fused-ring (bicyclic) bond motifs is 1. The highest BCUT2D eigenvalue weighted by molar-refractivity contribution is 9.10. The molecule has 0 spiro atoms. The van der Waals surface area contributed by atoms with Gasteiger partial charge in [-0.05, 0) is 17.5 Å². The second-order valence-electron chi connectivity index (χ2n) is 3.92. The first-order valence-corrected chi connectivity index (χ1v) is 5.73. The molecule has 0 atom stereocenters. The maximum absolute atomic E-state index is 5.86. The molecule has 2 N–H and O–H groups in total. The minimum atomic E-state index is 0.444. The highest BCUT2D eigenvalue weighted by Crippen LogP contribution is 2.33. The van der Waals surface area contributed by atoms with Crippen LogP contribution in [0.2, 0.25) is 0 Å². The van der Waals surface area contributed by atoms with Gasteiger partial charge >= 0.3 is 0 Å². The molecule has 1 aromatic heterocycles. The maximum Gasteiger partial charge on any atom is 0.131 e. The second kappa shape index (κ2) is 3.81. The maximum atomic E-state index is 5.86. The van der Waals surface area contributed by atoms with Gasteiger partial charge in [0.15, 0.2) is 0 Å². The van der Waals surface area contributed by atoms with Gasteiger partial charge in [-0.25, -0.2) is 4.98 Å². The van der Waals surface area contributed by atoms with Gasteiger partial charge in [-0.1, -0.05) is 41.9 Å². The molecular weight excluding hydrogens is 252 g/mol. The molecule has 1 heterocycles. The molecule has 2 rings (SSSR count). The van der Waals surface area contributed by atoms with Crippen molar-refractivity contribution in [1.82, 2.24) is 4.98 Å². The van der Waals surface area contributed by atoms with Crippen molar-refractivity contribution in [1.29, 1.82) is 0 Å². The highest BCUT2D eigenvalue weighted by Gasteiger charge is 2.10. The molecule has 78 valence electrons. The van der Waals surface area contributed by atoms with Crippen LogP contribution in [0, 0.1) is 0 Å². The zero-order valence-electron chi connectivity index (χ0n) is 8.79. The van der Waals surface area contributed by atoms with Gasteiger partial charge in [0.05, 0.1) is 0 Å². The summed E-state index contributed by atoms with van der Waals surface area (Å²) >= 11 is 3.57. The summed E-state index contributed by atoms with van der Waals surface area (Å²) in [6, 6.07) is 6.02. The molecule has 2 aromatic rings. The Kier molecular flexibility index (Phi) is 2.65. The Balaban J connectivity index is 2.90. The Morgan fingerprint density at radius 2 is 2.07 bits per heavy atom. The van der Waals surface area contributed by atoms with Gasteiger partial charge in [0.1, 0.15) is 5.82 Å². The molecular formula is C12H13BrN2. The van der Waals surface area contributed by atoms with Gasteiger partial charge in [0.2, 0.25) is 0 Å². The van der Waals surface area contributed by atoms with E-state index >= 15 is 0 Å². The average Bonchev–Trinajstić information content (AvgIpc) is 2.19. The van der Waals surface area contributed by atoms with E-state index in [9.17, 15) is 0 Å². The molecule has 0 saturated carbocycles. The van der Waals surface area contributed by atoms with Crippen LogP contribution >= 0.6 is 15.9 Å². The zero-order chi connectivity index (χ0) is 11.0. The van der Waals surface area contributed by atoms with Crippen LogP contribution in [0.15, 0.2) is 28.9 Å². The molecule has 0 saturated heterocycles. The Morgan fingerprint density at radius 1 is 1.33 bits per heavy atom. The molecule has 0 unspecified atom stereocenters. The van der Waals surface area contributed by atoms with Gasteiger partial charge in [-0.3, -0.25) is 0 Å². The molecule has 0 aliphatic rings. The first kappa shape index (κ1) is 10.4. The summed E-state index contributed by atoms with van der Waals surface area (Å²) in [4.78, 5) is 4.23. The van der Waals surface area contributed by atoms with E-state index in [-0.39, 0.29) is 0 Å². The third kappa shape index (κ3) is 1.72. The SMILES string of the molecule is CC(C)c1cnc(N)c2cccc(Br)c12. The molecule has 15 heavy (non-hydrogen) atoms. The van der Waals surface area contributed by atoms with E-state index in [2.05, 4.69) is 34.8 Å². The number of aromatic nitrogens is 1. The predicted molar refractivity (Wildman–Crippen MR) is 67.9 cm³/mol. The number of nitrogens with two attached hydrogens (primary N) is 1. The summed E-state index contributed by atoms with van der Waals surface area (Å²) in [7, 11) is 0. The fourth-order valence-electron chi connectivity index (χ4n) is 1.74. The second-order valence-corrected chi connectivity index (χ2v) is 4.77. The lowest BCUT2D eigenvalue weighted by Crippen LogP contribution is -1.97. The molecule has 2 nitrogen and oxygen atoms in total. The Bertz CT molecular complexity index is 506. The van der Waals surface area contributed by atoms with Gasteiger partial charge in [-0.2, -0.15) is 0 Å². The average molecular weight is 265 g/mol. The highest BCUT2D eigenvalue weighted by atomic mass is 79.9. The fraction of sp³-hybridized carbons (Fsp3) is 0.250. The lowest BCUT2D eigenvalue weighted by molar-refractivity contribution is 0.869. The summed E-state index contributed by atoms with van der Waals surface area (Å²) in [6.45, 7) is 4.32. The summed E-state index contributed by atoms with van der Waals surface area (Å²) in [5.74, 6) is 1.04. The molecule has 0 radical (unpaired) electrons. The van der Waals surface area contributed by atoms with Crippen molar-refractivity contribution in [3.05, 3.63) is 34.4 Å². The van der Waals surface area contributed by atoms with E-state index in [1.54, 1.807) is 0 Å². The first-order valence-electron chi connectivity index (χ1n) is 4.94. The van der Waals surface area contributed by atoms with Crippen molar-refractivity contribution < 1.29 is 0 Å². The smallest absolute Gasteiger partial charge is 0.131 e. The van der Waals surface area contributed by atoms with E-state index in [1.165, 1.54) is 10.9 Å². The van der Waals surface area contributed by atoms with E-state index in [1.807, 2.05) is 24.4 Å². The monoisotopic (exact) mass is 264 g/mol. The van der Waals surface area contributed by atoms with Crippen LogP contribution in [-0.4, -0.2) is 4.98 Å². The summed E-state index contributed by atoms with van der Waals surface area (Å²) in [5.41, 5.74) is 7.09. The summed E-state index contributed by atoms with van der Waals surface area (Å²) < 4.78 is 1.08. The van der Waals surface area contributed by atoms with Gasteiger partial charge < -0.3 is 5.73 Å². The number of halogens is 1. The van der Waals surface area contributed by atoms with Crippen LogP contribution in [0.3, 0.4) is 0 Å². The topological polar surface area (TPSA) is 38.9 Å². The van der Waals surface area contributed by atoms with Gasteiger partial charge in [-0.15, -0.1) is 0 Å². The fourth-order valence-corrected chi connectivity index (χ4v) is 2.34. The molecule has 0 fully saturated rings. The van der Waals surface area contributed by atoms with E-state index in [0.717, 1.165) is 9.86 Å². The largest absolute Gasteiger partial charge is 0.383 e. The number of nitrogen functional groups attached to an aromatic ring is 1. The van der Waals surface area contributed by atoms with Crippen LogP contribution in [-0.2, 0) is 0 Å². The summed E-state index contributed by atoms with van der Waals surface area (Å²) in [6.07, 6.45) is 1.87. The molecule has 1 aromatic carbocycles. The number of hydrogen-bond acceptors (Lipinski definition) is 2. The third-order valence-corrected chi connectivity index (χ3v) is 3.20. The van der Waals surface area contributed by atoms with Crippen LogP contribution in [0.4, 0.5) is 5.82 Å². The predicted octanol–water partition coefficient (Wildman–Crippen LogP) is 3.70. The zero-order valence-corrected chi connectivity index (χ0v) is 10.4. The quantitative estimate of drug-likeness (QED) is 0.853. The van der Waals surface area contributed by atoms with Crippen LogP contribution < -0.4 is 5.73 Å². The Labute approximate surface area is 97.6 Å². The van der Waals surface area contributed by atoms with Crippen molar-refractivity contribution in [3.63, 3.8) is 0 Å². The minimum absolute atomic E-state index is 0.444. The Hall–Kier alpha value is -1.09. The number of anilines is 1. The van der Waals surface area contributed by atoms with Crippen LogP contribution in [0.25, 0.3) is 10.8 Å². The van der Waals surface area contributed by atoms with Crippen molar-refractivity contribution in [2.75, 3.05) is 5.73 Å². The number of hydrogen-bond donors (Lipinski definition) is 1. The van der Waals surface area contributed by atoms with Crippen LogP contribution in [0.1, 0.15) is 25.3 Å². The standard InChI is InChI=1S/C12H13BrN2/c1-7(2)9-6-15-12(14)8-4-3-5-10(13)11(8)9/h3-7H,1-2H3,(H2,14,15). The first-order chi connectivity index (χ1) is 7.11. The number of nitrogens with zero attached hydrogens (tertiary/aromatic N) is 1. The van der Waals surface area contributed by atoms with Gasteiger partial charge in [0.25, 0.3) is 0 Å². The van der Waals surface area contributed by atoms with E-state index in [0.29, 0.717) is 11.7 Å². The normalized spacial score (nSPS) is 11.2. The number of rotatable bonds is 1. The Morgan fingerprint density at radius 3 is 2.73 bits per heavy atom. The summed E-state index contributed by atoms with van der Waals surface area (Å²) in [5, 5.41) is 2.20. The van der Waals surface area contributed by atoms with Crippen molar-refractivity contribution >= 4 is 32.5 Å². The van der Waals surface area contributed by atoms with Crippen molar-refractivity contribution in [2.24, 2.45) is 0 Å². The van der Waals surface area contributed by atoms with Crippen LogP contribution in [0.5, 0.6) is 0 Å². The van der Waals surface area contributed by atoms with Gasteiger partial charge in [0, 0.05) is 21.4 Å². The molecule has 0 aliphatic carbocycles. The molecule has 0 amide bonds. The third-order valence-electron chi connectivity index (χ3n) is 2.54. The molecule has 3 heteroatoms. The lowest BCUT2D eigenvalue weighted by atomic mass is 9.98.